The molecule has 0 fully saturated rings. The summed E-state index contributed by atoms with van der Waals surface area (Å²) in [6, 6.07) is 8.19. The van der Waals surface area contributed by atoms with Gasteiger partial charge in [-0.25, -0.2) is 4.98 Å². The highest BCUT2D eigenvalue weighted by molar-refractivity contribution is 5.63. The maximum absolute atomic E-state index is 12.9. The molecule has 3 aromatic rings. The van der Waals surface area contributed by atoms with Crippen LogP contribution in [-0.4, -0.2) is 15.2 Å². The summed E-state index contributed by atoms with van der Waals surface area (Å²) < 4.78 is 44.0. The van der Waals surface area contributed by atoms with E-state index < -0.39 is 11.7 Å². The second-order valence-corrected chi connectivity index (χ2v) is 4.66. The Morgan fingerprint density at radius 3 is 2.39 bits per heavy atom. The van der Waals surface area contributed by atoms with Crippen molar-refractivity contribution >= 4 is 11.5 Å². The number of benzene rings is 1. The van der Waals surface area contributed by atoms with Crippen molar-refractivity contribution in [1.82, 2.24) is 15.2 Å². The van der Waals surface area contributed by atoms with Gasteiger partial charge in [-0.2, -0.15) is 13.2 Å². The average Bonchev–Trinajstić information content (AvgIpc) is 2.96. The van der Waals surface area contributed by atoms with Gasteiger partial charge in [-0.3, -0.25) is 0 Å². The van der Waals surface area contributed by atoms with Crippen molar-refractivity contribution in [2.75, 3.05) is 11.5 Å². The maximum Gasteiger partial charge on any atom is 0.418 e. The van der Waals surface area contributed by atoms with Crippen molar-refractivity contribution in [3.63, 3.8) is 0 Å². The minimum absolute atomic E-state index is 0.0534. The van der Waals surface area contributed by atoms with E-state index >= 15 is 0 Å². The van der Waals surface area contributed by atoms with E-state index in [1.807, 2.05) is 0 Å². The van der Waals surface area contributed by atoms with Gasteiger partial charge >= 0.3 is 6.18 Å². The van der Waals surface area contributed by atoms with Crippen LogP contribution in [-0.2, 0) is 6.18 Å². The van der Waals surface area contributed by atoms with Crippen molar-refractivity contribution in [3.05, 3.63) is 42.0 Å². The fourth-order valence-corrected chi connectivity index (χ4v) is 1.95. The first-order chi connectivity index (χ1) is 10.8. The number of nitrogen functional groups attached to an aromatic ring is 2. The summed E-state index contributed by atoms with van der Waals surface area (Å²) in [6.07, 6.45) is -4.57. The van der Waals surface area contributed by atoms with Gasteiger partial charge in [0.2, 0.25) is 5.89 Å². The number of anilines is 2. The lowest BCUT2D eigenvalue weighted by Crippen LogP contribution is -2.08. The molecule has 2 heterocycles. The third-order valence-electron chi connectivity index (χ3n) is 3.02. The van der Waals surface area contributed by atoms with Gasteiger partial charge in [0.15, 0.2) is 0 Å². The van der Waals surface area contributed by atoms with E-state index in [-0.39, 0.29) is 28.9 Å². The summed E-state index contributed by atoms with van der Waals surface area (Å²) in [4.78, 5) is 4.00. The molecule has 0 spiro atoms. The number of pyridine rings is 1. The number of hydrogen-bond donors (Lipinski definition) is 2. The minimum Gasteiger partial charge on any atom is -0.415 e. The number of nitrogens with zero attached hydrogens (tertiary/aromatic N) is 3. The molecule has 0 amide bonds. The van der Waals surface area contributed by atoms with Crippen molar-refractivity contribution in [1.29, 1.82) is 0 Å². The molecule has 118 valence electrons. The third kappa shape index (κ3) is 2.93. The highest BCUT2D eigenvalue weighted by atomic mass is 19.4. The summed E-state index contributed by atoms with van der Waals surface area (Å²) in [6.45, 7) is 0. The molecule has 4 N–H and O–H groups in total. The Balaban J connectivity index is 2.01. The molecular formula is C14H10F3N5O. The van der Waals surface area contributed by atoms with Crippen LogP contribution in [0.3, 0.4) is 0 Å². The summed E-state index contributed by atoms with van der Waals surface area (Å²) in [5.41, 5.74) is 10.0. The Bertz CT molecular complexity index is 860. The molecule has 0 aliphatic rings. The van der Waals surface area contributed by atoms with Gasteiger partial charge in [0, 0.05) is 11.3 Å². The standard InChI is InChI=1S/C14H10F3N5O/c15-14(16,17)8-6-7(4-5-9(8)18)12-21-22-13(23-12)10-2-1-3-11(19)20-10/h1-6H,18H2,(H2,19,20). The molecule has 0 saturated heterocycles. The monoisotopic (exact) mass is 321 g/mol. The van der Waals surface area contributed by atoms with Gasteiger partial charge in [-0.05, 0) is 30.3 Å². The number of rotatable bonds is 2. The lowest BCUT2D eigenvalue weighted by Gasteiger charge is -2.10. The van der Waals surface area contributed by atoms with Crippen molar-refractivity contribution < 1.29 is 17.6 Å². The molecule has 6 nitrogen and oxygen atoms in total. The number of aromatic nitrogens is 3. The summed E-state index contributed by atoms with van der Waals surface area (Å²) in [7, 11) is 0. The fraction of sp³-hybridized carbons (Fsp3) is 0.0714. The van der Waals surface area contributed by atoms with E-state index in [1.54, 1.807) is 18.2 Å². The van der Waals surface area contributed by atoms with Crippen LogP contribution in [0.15, 0.2) is 40.8 Å². The molecule has 0 aliphatic heterocycles. The summed E-state index contributed by atoms with van der Waals surface area (Å²) >= 11 is 0. The second-order valence-electron chi connectivity index (χ2n) is 4.66. The van der Waals surface area contributed by atoms with Crippen LogP contribution in [0.25, 0.3) is 23.0 Å². The zero-order valence-electron chi connectivity index (χ0n) is 11.5. The number of nitrogens with two attached hydrogens (primary N) is 2. The van der Waals surface area contributed by atoms with Gasteiger partial charge in [0.1, 0.15) is 11.5 Å². The first kappa shape index (κ1) is 14.8. The normalized spacial score (nSPS) is 11.6. The largest absolute Gasteiger partial charge is 0.418 e. The van der Waals surface area contributed by atoms with Crippen LogP contribution >= 0.6 is 0 Å². The average molecular weight is 321 g/mol. The maximum atomic E-state index is 12.9. The quantitative estimate of drug-likeness (QED) is 0.703. The van der Waals surface area contributed by atoms with Crippen LogP contribution in [0.2, 0.25) is 0 Å². The first-order valence-electron chi connectivity index (χ1n) is 6.38. The van der Waals surface area contributed by atoms with Gasteiger partial charge in [-0.15, -0.1) is 10.2 Å². The number of hydrogen-bond acceptors (Lipinski definition) is 6. The Hall–Kier alpha value is -3.10. The molecule has 0 atom stereocenters. The Morgan fingerprint density at radius 1 is 0.957 bits per heavy atom. The summed E-state index contributed by atoms with van der Waals surface area (Å²) in [5, 5.41) is 7.51. The van der Waals surface area contributed by atoms with Crippen molar-refractivity contribution in [2.24, 2.45) is 0 Å². The second kappa shape index (κ2) is 5.27. The van der Waals surface area contributed by atoms with Crippen molar-refractivity contribution in [2.45, 2.75) is 6.18 Å². The highest BCUT2D eigenvalue weighted by Crippen LogP contribution is 2.36. The molecule has 23 heavy (non-hydrogen) atoms. The van der Waals surface area contributed by atoms with Crippen LogP contribution in [0.4, 0.5) is 24.7 Å². The number of alkyl halides is 3. The van der Waals surface area contributed by atoms with Gasteiger partial charge < -0.3 is 15.9 Å². The van der Waals surface area contributed by atoms with E-state index in [0.717, 1.165) is 12.1 Å². The van der Waals surface area contributed by atoms with E-state index in [2.05, 4.69) is 15.2 Å². The lowest BCUT2D eigenvalue weighted by molar-refractivity contribution is -0.136. The topological polar surface area (TPSA) is 104 Å². The van der Waals surface area contributed by atoms with E-state index in [9.17, 15) is 13.2 Å². The van der Waals surface area contributed by atoms with Crippen LogP contribution in [0.1, 0.15) is 5.56 Å². The van der Waals surface area contributed by atoms with E-state index in [1.165, 1.54) is 6.07 Å². The zero-order valence-corrected chi connectivity index (χ0v) is 11.5. The molecule has 0 unspecified atom stereocenters. The predicted octanol–water partition coefficient (Wildman–Crippen LogP) is 2.98. The number of halogens is 3. The van der Waals surface area contributed by atoms with Gasteiger partial charge in [0.25, 0.3) is 5.89 Å². The Kier molecular flexibility index (Phi) is 3.40. The Morgan fingerprint density at radius 2 is 1.70 bits per heavy atom. The first-order valence-corrected chi connectivity index (χ1v) is 6.38. The minimum atomic E-state index is -4.57. The molecule has 0 aliphatic carbocycles. The van der Waals surface area contributed by atoms with Gasteiger partial charge in [0.05, 0.1) is 5.56 Å². The fourth-order valence-electron chi connectivity index (χ4n) is 1.95. The molecule has 2 aromatic heterocycles. The van der Waals surface area contributed by atoms with Gasteiger partial charge in [-0.1, -0.05) is 6.07 Å². The Labute approximate surface area is 128 Å². The lowest BCUT2D eigenvalue weighted by atomic mass is 10.1. The SMILES string of the molecule is Nc1cccc(-c2nnc(-c3ccc(N)c(C(F)(F)F)c3)o2)n1. The molecule has 3 rings (SSSR count). The zero-order chi connectivity index (χ0) is 16.6. The van der Waals surface area contributed by atoms with Crippen molar-refractivity contribution in [3.8, 4) is 23.0 Å². The molecule has 0 bridgehead atoms. The van der Waals surface area contributed by atoms with E-state index in [0.29, 0.717) is 5.69 Å². The third-order valence-corrected chi connectivity index (χ3v) is 3.02. The molecule has 1 aromatic carbocycles. The molecule has 0 radical (unpaired) electrons. The summed E-state index contributed by atoms with van der Waals surface area (Å²) in [5.74, 6) is 0.238. The highest BCUT2D eigenvalue weighted by Gasteiger charge is 2.33. The predicted molar refractivity (Wildman–Crippen MR) is 76.8 cm³/mol. The van der Waals surface area contributed by atoms with Crippen LogP contribution < -0.4 is 11.5 Å². The van der Waals surface area contributed by atoms with Crippen LogP contribution in [0, 0.1) is 0 Å². The van der Waals surface area contributed by atoms with E-state index in [4.69, 9.17) is 15.9 Å². The molecule has 0 saturated carbocycles. The molecular weight excluding hydrogens is 311 g/mol. The smallest absolute Gasteiger partial charge is 0.415 e. The van der Waals surface area contributed by atoms with Crippen LogP contribution in [0.5, 0.6) is 0 Å². The molecule has 9 heteroatoms.